The number of nitrogens with zero attached hydrogens (tertiary/aromatic N) is 1. The molecule has 7 heteroatoms. The lowest BCUT2D eigenvalue weighted by Gasteiger charge is -2.33. The molecule has 6 nitrogen and oxygen atoms in total. The van der Waals surface area contributed by atoms with Crippen LogP contribution >= 0.6 is 11.6 Å². The van der Waals surface area contributed by atoms with E-state index in [9.17, 15) is 9.59 Å². The molecular weight excluding hydrogens is 356 g/mol. The topological polar surface area (TPSA) is 67.9 Å². The number of benzene rings is 1. The smallest absolute Gasteiger partial charge is 0.408 e. The number of nitrogens with one attached hydrogen (secondary N) is 1. The van der Waals surface area contributed by atoms with Crippen LogP contribution in [0.3, 0.4) is 0 Å². The number of carbonyl (C=O) groups excluding carboxylic acids is 2. The summed E-state index contributed by atoms with van der Waals surface area (Å²) in [7, 11) is 3.88. The van der Waals surface area contributed by atoms with Crippen molar-refractivity contribution in [3.8, 4) is 0 Å². The van der Waals surface area contributed by atoms with Crippen LogP contribution in [0.5, 0.6) is 0 Å². The summed E-state index contributed by atoms with van der Waals surface area (Å²) in [6, 6.07) is 6.68. The van der Waals surface area contributed by atoms with Crippen LogP contribution in [0.15, 0.2) is 24.3 Å². The number of anilines is 1. The van der Waals surface area contributed by atoms with Gasteiger partial charge in [-0.15, -0.1) is 0 Å². The van der Waals surface area contributed by atoms with Gasteiger partial charge in [-0.1, -0.05) is 23.7 Å². The summed E-state index contributed by atoms with van der Waals surface area (Å²) in [6.45, 7) is 8.73. The van der Waals surface area contributed by atoms with E-state index in [1.54, 1.807) is 34.6 Å². The third kappa shape index (κ3) is 6.09. The van der Waals surface area contributed by atoms with Crippen molar-refractivity contribution in [3.63, 3.8) is 0 Å². The molecule has 0 fully saturated rings. The fourth-order valence-corrected chi connectivity index (χ4v) is 2.52. The van der Waals surface area contributed by atoms with Gasteiger partial charge in [-0.2, -0.15) is 0 Å². The van der Waals surface area contributed by atoms with Crippen molar-refractivity contribution >= 4 is 29.4 Å². The molecule has 146 valence electrons. The van der Waals surface area contributed by atoms with Crippen molar-refractivity contribution in [2.45, 2.75) is 46.3 Å². The molecule has 0 radical (unpaired) electrons. The highest BCUT2D eigenvalue weighted by Gasteiger charge is 2.41. The van der Waals surface area contributed by atoms with Crippen molar-refractivity contribution in [2.75, 3.05) is 25.1 Å². The summed E-state index contributed by atoms with van der Waals surface area (Å²) in [5.74, 6) is -0.509. The molecule has 0 aliphatic carbocycles. The van der Waals surface area contributed by atoms with E-state index < -0.39 is 29.1 Å². The second-order valence-electron chi connectivity index (χ2n) is 7.83. The average molecular weight is 385 g/mol. The number of hydrogen-bond donors (Lipinski definition) is 1. The Kier molecular flexibility index (Phi) is 7.33. The predicted molar refractivity (Wildman–Crippen MR) is 103 cm³/mol. The third-order valence-electron chi connectivity index (χ3n) is 3.84. The summed E-state index contributed by atoms with van der Waals surface area (Å²) in [5, 5.41) is 2.80. The van der Waals surface area contributed by atoms with Crippen molar-refractivity contribution in [1.29, 1.82) is 0 Å². The zero-order chi connectivity index (χ0) is 20.1. The maximum atomic E-state index is 12.4. The lowest BCUT2D eigenvalue weighted by atomic mass is 9.80. The largest absolute Gasteiger partial charge is 0.449 e. The fraction of sp³-hybridized carbons (Fsp3) is 0.579. The van der Waals surface area contributed by atoms with Gasteiger partial charge in [-0.3, -0.25) is 4.79 Å². The van der Waals surface area contributed by atoms with Gasteiger partial charge in [-0.25, -0.2) is 4.79 Å². The monoisotopic (exact) mass is 384 g/mol. The Morgan fingerprint density at radius 3 is 2.08 bits per heavy atom. The molecule has 0 aromatic heterocycles. The third-order valence-corrected chi connectivity index (χ3v) is 3.95. The van der Waals surface area contributed by atoms with Gasteiger partial charge in [0, 0.05) is 19.8 Å². The van der Waals surface area contributed by atoms with Gasteiger partial charge in [0.05, 0.1) is 11.5 Å². The molecule has 0 saturated carbocycles. The standard InChI is InChI=1S/C19H29ClN2O4/c1-18(2,3)26-17(24)21-15(19(4,5)16(23)25-12-20)13-8-10-14(11-9-13)22(6)7/h8-11,15H,12H2,1-7H3,(H,21,24). The Hall–Kier alpha value is -1.95. The van der Waals surface area contributed by atoms with Crippen LogP contribution in [0.25, 0.3) is 0 Å². The summed E-state index contributed by atoms with van der Waals surface area (Å²) in [4.78, 5) is 26.7. The minimum atomic E-state index is -1.05. The Bertz CT molecular complexity index is 621. The van der Waals surface area contributed by atoms with Gasteiger partial charge in [-0.05, 0) is 52.3 Å². The van der Waals surface area contributed by atoms with Gasteiger partial charge in [0.25, 0.3) is 0 Å². The maximum absolute atomic E-state index is 12.4. The van der Waals surface area contributed by atoms with E-state index in [2.05, 4.69) is 5.32 Å². The first-order valence-electron chi connectivity index (χ1n) is 8.38. The van der Waals surface area contributed by atoms with Gasteiger partial charge < -0.3 is 19.7 Å². The zero-order valence-electron chi connectivity index (χ0n) is 16.6. The van der Waals surface area contributed by atoms with Crippen molar-refractivity contribution in [1.82, 2.24) is 5.32 Å². The summed E-state index contributed by atoms with van der Waals surface area (Å²) >= 11 is 5.54. The lowest BCUT2D eigenvalue weighted by molar-refractivity contribution is -0.153. The second-order valence-corrected chi connectivity index (χ2v) is 8.05. The highest BCUT2D eigenvalue weighted by atomic mass is 35.5. The zero-order valence-corrected chi connectivity index (χ0v) is 17.3. The highest BCUT2D eigenvalue weighted by Crippen LogP contribution is 2.36. The lowest BCUT2D eigenvalue weighted by Crippen LogP contribution is -2.44. The van der Waals surface area contributed by atoms with E-state index in [0.717, 1.165) is 11.3 Å². The van der Waals surface area contributed by atoms with Crippen LogP contribution in [-0.2, 0) is 14.3 Å². The Morgan fingerprint density at radius 2 is 1.65 bits per heavy atom. The number of halogens is 1. The number of esters is 1. The van der Waals surface area contributed by atoms with Gasteiger partial charge in [0.2, 0.25) is 0 Å². The summed E-state index contributed by atoms with van der Waals surface area (Å²) < 4.78 is 10.3. The molecule has 0 heterocycles. The van der Waals surface area contributed by atoms with Crippen molar-refractivity contribution in [2.24, 2.45) is 5.41 Å². The van der Waals surface area contributed by atoms with Gasteiger partial charge in [0.15, 0.2) is 6.07 Å². The first-order chi connectivity index (χ1) is 11.9. The molecular formula is C19H29ClN2O4. The molecule has 1 N–H and O–H groups in total. The van der Waals surface area contributed by atoms with Crippen LogP contribution in [0.4, 0.5) is 10.5 Å². The van der Waals surface area contributed by atoms with E-state index in [-0.39, 0.29) is 6.07 Å². The molecule has 1 aromatic rings. The van der Waals surface area contributed by atoms with Crippen LogP contribution in [-0.4, -0.2) is 37.8 Å². The number of alkyl halides is 1. The van der Waals surface area contributed by atoms with E-state index in [1.807, 2.05) is 43.3 Å². The fourth-order valence-electron chi connectivity index (χ4n) is 2.42. The molecule has 1 atom stereocenters. The molecule has 0 saturated heterocycles. The minimum absolute atomic E-state index is 0.249. The maximum Gasteiger partial charge on any atom is 0.408 e. The molecule has 0 bridgehead atoms. The van der Waals surface area contributed by atoms with E-state index in [1.165, 1.54) is 0 Å². The van der Waals surface area contributed by atoms with Crippen LogP contribution in [0.2, 0.25) is 0 Å². The summed E-state index contributed by atoms with van der Waals surface area (Å²) in [5.41, 5.74) is 0.0687. The quantitative estimate of drug-likeness (QED) is 0.591. The van der Waals surface area contributed by atoms with Crippen molar-refractivity contribution < 1.29 is 19.1 Å². The molecule has 0 spiro atoms. The average Bonchev–Trinajstić information content (AvgIpc) is 2.51. The first-order valence-corrected chi connectivity index (χ1v) is 8.92. The van der Waals surface area contributed by atoms with E-state index in [0.29, 0.717) is 0 Å². The number of amides is 1. The second kappa shape index (κ2) is 8.62. The van der Waals surface area contributed by atoms with E-state index >= 15 is 0 Å². The van der Waals surface area contributed by atoms with E-state index in [4.69, 9.17) is 21.1 Å². The number of rotatable bonds is 6. The number of carbonyl (C=O) groups is 2. The SMILES string of the molecule is CN(C)c1ccc(C(NC(=O)OC(C)(C)C)C(C)(C)C(=O)OCCl)cc1. The molecule has 0 aliphatic heterocycles. The molecule has 1 aromatic carbocycles. The first kappa shape index (κ1) is 22.1. The number of alkyl carbamates (subject to hydrolysis) is 1. The van der Waals surface area contributed by atoms with Crippen LogP contribution in [0, 0.1) is 5.41 Å². The number of hydrogen-bond acceptors (Lipinski definition) is 5. The van der Waals surface area contributed by atoms with Crippen LogP contribution in [0.1, 0.15) is 46.2 Å². The Balaban J connectivity index is 3.20. The van der Waals surface area contributed by atoms with Gasteiger partial charge in [0.1, 0.15) is 5.60 Å². The number of ether oxygens (including phenoxy) is 2. The van der Waals surface area contributed by atoms with Gasteiger partial charge >= 0.3 is 12.1 Å². The molecule has 1 rings (SSSR count). The minimum Gasteiger partial charge on any atom is -0.449 e. The molecule has 26 heavy (non-hydrogen) atoms. The molecule has 1 amide bonds. The van der Waals surface area contributed by atoms with Crippen molar-refractivity contribution in [3.05, 3.63) is 29.8 Å². The molecule has 0 aliphatic rings. The normalized spacial score (nSPS) is 12.9. The Morgan fingerprint density at radius 1 is 1.12 bits per heavy atom. The highest BCUT2D eigenvalue weighted by molar-refractivity contribution is 6.17. The Labute approximate surface area is 160 Å². The summed E-state index contributed by atoms with van der Waals surface area (Å²) in [6.07, 6.45) is -0.606. The van der Waals surface area contributed by atoms with Crippen LogP contribution < -0.4 is 10.2 Å². The predicted octanol–water partition coefficient (Wildman–Crippen LogP) is 4.08. The molecule has 1 unspecified atom stereocenters.